The summed E-state index contributed by atoms with van der Waals surface area (Å²) in [6.07, 6.45) is 4.19. The molecule has 0 radical (unpaired) electrons. The third-order valence-electron chi connectivity index (χ3n) is 4.92. The number of benzene rings is 1. The number of hydrogen-bond acceptors (Lipinski definition) is 2. The Bertz CT molecular complexity index is 490. The van der Waals surface area contributed by atoms with Gasteiger partial charge in [-0.25, -0.2) is 0 Å². The van der Waals surface area contributed by atoms with Crippen molar-refractivity contribution in [2.24, 2.45) is 0 Å². The first kappa shape index (κ1) is 14.1. The van der Waals surface area contributed by atoms with Crippen LogP contribution < -0.4 is 5.32 Å². The second-order valence-corrected chi connectivity index (χ2v) is 6.92. The average molecular weight is 337 g/mol. The molecule has 20 heavy (non-hydrogen) atoms. The van der Waals surface area contributed by atoms with E-state index >= 15 is 0 Å². The van der Waals surface area contributed by atoms with Gasteiger partial charge in [0.25, 0.3) is 0 Å². The normalized spacial score (nSPS) is 24.2. The molecular weight excluding hydrogens is 316 g/mol. The number of nitrogens with zero attached hydrogens (tertiary/aromatic N) is 1. The molecular formula is C16H21BrN2O. The molecule has 2 aliphatic rings. The molecule has 1 unspecified atom stereocenters. The summed E-state index contributed by atoms with van der Waals surface area (Å²) >= 11 is 3.47. The summed E-state index contributed by atoms with van der Waals surface area (Å²) in [5.74, 6) is 0.305. The van der Waals surface area contributed by atoms with Crippen LogP contribution in [0.1, 0.15) is 31.2 Å². The van der Waals surface area contributed by atoms with E-state index in [2.05, 4.69) is 33.4 Å². The molecule has 0 aromatic heterocycles. The van der Waals surface area contributed by atoms with Gasteiger partial charge in [0.2, 0.25) is 5.91 Å². The highest BCUT2D eigenvalue weighted by Crippen LogP contribution is 2.45. The van der Waals surface area contributed by atoms with Gasteiger partial charge in [0.1, 0.15) is 0 Å². The van der Waals surface area contributed by atoms with Crippen LogP contribution in [0.25, 0.3) is 0 Å². The predicted octanol–water partition coefficient (Wildman–Crippen LogP) is 2.69. The van der Waals surface area contributed by atoms with Crippen LogP contribution in [0.4, 0.5) is 0 Å². The molecule has 1 saturated heterocycles. The first-order chi connectivity index (χ1) is 9.63. The minimum Gasteiger partial charge on any atom is -0.341 e. The van der Waals surface area contributed by atoms with Crippen LogP contribution in [0.15, 0.2) is 28.7 Å². The molecule has 1 aliphatic carbocycles. The SMILES string of the molecule is CN(C(=O)C1(c2ccc(Br)cc2)CCC1)C1CCNC1. The topological polar surface area (TPSA) is 32.3 Å². The minimum absolute atomic E-state index is 0.266. The zero-order chi connectivity index (χ0) is 14.2. The van der Waals surface area contributed by atoms with Gasteiger partial charge in [0.15, 0.2) is 0 Å². The maximum atomic E-state index is 13.0. The predicted molar refractivity (Wildman–Crippen MR) is 83.7 cm³/mol. The molecule has 108 valence electrons. The lowest BCUT2D eigenvalue weighted by molar-refractivity contribution is -0.141. The molecule has 1 aromatic rings. The molecule has 1 aliphatic heterocycles. The third kappa shape index (κ3) is 2.29. The van der Waals surface area contributed by atoms with Gasteiger partial charge in [-0.15, -0.1) is 0 Å². The third-order valence-corrected chi connectivity index (χ3v) is 5.44. The van der Waals surface area contributed by atoms with E-state index in [9.17, 15) is 4.79 Å². The summed E-state index contributed by atoms with van der Waals surface area (Å²) in [4.78, 5) is 15.0. The number of rotatable bonds is 3. The van der Waals surface area contributed by atoms with E-state index in [4.69, 9.17) is 0 Å². The fourth-order valence-electron chi connectivity index (χ4n) is 3.40. The summed E-state index contributed by atoms with van der Waals surface area (Å²) in [5.41, 5.74) is 0.910. The summed E-state index contributed by atoms with van der Waals surface area (Å²) in [7, 11) is 1.97. The Balaban J connectivity index is 1.84. The fourth-order valence-corrected chi connectivity index (χ4v) is 3.66. The summed E-state index contributed by atoms with van der Waals surface area (Å²) < 4.78 is 1.07. The highest BCUT2D eigenvalue weighted by Gasteiger charge is 2.48. The molecule has 0 bridgehead atoms. The number of carbonyl (C=O) groups is 1. The highest BCUT2D eigenvalue weighted by atomic mass is 79.9. The first-order valence-electron chi connectivity index (χ1n) is 7.37. The van der Waals surface area contributed by atoms with Crippen molar-refractivity contribution in [1.29, 1.82) is 0 Å². The van der Waals surface area contributed by atoms with Gasteiger partial charge in [-0.05, 0) is 43.5 Å². The zero-order valence-electron chi connectivity index (χ0n) is 11.9. The van der Waals surface area contributed by atoms with Crippen LogP contribution in [0.3, 0.4) is 0 Å². The number of halogens is 1. The summed E-state index contributed by atoms with van der Waals surface area (Å²) in [5, 5.41) is 3.34. The molecule has 1 aromatic carbocycles. The molecule has 2 fully saturated rings. The monoisotopic (exact) mass is 336 g/mol. The quantitative estimate of drug-likeness (QED) is 0.920. The maximum absolute atomic E-state index is 13.0. The first-order valence-corrected chi connectivity index (χ1v) is 8.17. The molecule has 1 amide bonds. The molecule has 3 rings (SSSR count). The van der Waals surface area contributed by atoms with E-state index in [1.165, 1.54) is 5.56 Å². The molecule has 1 heterocycles. The number of likely N-dealkylation sites (N-methyl/N-ethyl adjacent to an activating group) is 1. The molecule has 0 spiro atoms. The van der Waals surface area contributed by atoms with Crippen molar-refractivity contribution in [2.45, 2.75) is 37.1 Å². The largest absolute Gasteiger partial charge is 0.341 e. The van der Waals surface area contributed by atoms with Gasteiger partial charge >= 0.3 is 0 Å². The van der Waals surface area contributed by atoms with Gasteiger partial charge < -0.3 is 10.2 Å². The maximum Gasteiger partial charge on any atom is 0.233 e. The van der Waals surface area contributed by atoms with Crippen LogP contribution in [0, 0.1) is 0 Å². The van der Waals surface area contributed by atoms with Crippen molar-refractivity contribution in [3.63, 3.8) is 0 Å². The van der Waals surface area contributed by atoms with E-state index in [1.807, 2.05) is 24.1 Å². The summed E-state index contributed by atoms with van der Waals surface area (Å²) in [6, 6.07) is 8.64. The van der Waals surface area contributed by atoms with Crippen LogP contribution in [-0.2, 0) is 10.2 Å². The highest BCUT2D eigenvalue weighted by molar-refractivity contribution is 9.10. The van der Waals surface area contributed by atoms with Gasteiger partial charge in [-0.2, -0.15) is 0 Å². The number of amides is 1. The Hall–Kier alpha value is -0.870. The van der Waals surface area contributed by atoms with Gasteiger partial charge in [0.05, 0.1) is 5.41 Å². The molecule has 1 atom stereocenters. The molecule has 4 heteroatoms. The van der Waals surface area contributed by atoms with Crippen LogP contribution in [0.2, 0.25) is 0 Å². The van der Waals surface area contributed by atoms with Gasteiger partial charge in [-0.3, -0.25) is 4.79 Å². The van der Waals surface area contributed by atoms with Crippen LogP contribution in [0.5, 0.6) is 0 Å². The number of nitrogens with one attached hydrogen (secondary N) is 1. The summed E-state index contributed by atoms with van der Waals surface area (Å²) in [6.45, 7) is 1.95. The Morgan fingerprint density at radius 3 is 2.55 bits per heavy atom. The average Bonchev–Trinajstić information content (AvgIpc) is 2.92. The Morgan fingerprint density at radius 1 is 1.35 bits per heavy atom. The van der Waals surface area contributed by atoms with Gasteiger partial charge in [-0.1, -0.05) is 34.5 Å². The van der Waals surface area contributed by atoms with Gasteiger partial charge in [0, 0.05) is 24.1 Å². The van der Waals surface area contributed by atoms with Crippen molar-refractivity contribution in [3.8, 4) is 0 Å². The Kier molecular flexibility index (Phi) is 3.87. The second-order valence-electron chi connectivity index (χ2n) is 6.01. The van der Waals surface area contributed by atoms with E-state index in [0.29, 0.717) is 11.9 Å². The van der Waals surface area contributed by atoms with E-state index in [1.54, 1.807) is 0 Å². The zero-order valence-corrected chi connectivity index (χ0v) is 13.4. The second kappa shape index (κ2) is 5.49. The smallest absolute Gasteiger partial charge is 0.233 e. The van der Waals surface area contributed by atoms with Crippen molar-refractivity contribution in [3.05, 3.63) is 34.3 Å². The minimum atomic E-state index is -0.266. The van der Waals surface area contributed by atoms with Crippen LogP contribution in [-0.4, -0.2) is 37.0 Å². The molecule has 3 nitrogen and oxygen atoms in total. The van der Waals surface area contributed by atoms with E-state index in [-0.39, 0.29) is 5.41 Å². The van der Waals surface area contributed by atoms with E-state index < -0.39 is 0 Å². The fraction of sp³-hybridized carbons (Fsp3) is 0.562. The molecule has 1 saturated carbocycles. The lowest BCUT2D eigenvalue weighted by Gasteiger charge is -2.44. The molecule has 1 N–H and O–H groups in total. The van der Waals surface area contributed by atoms with Crippen molar-refractivity contribution in [2.75, 3.05) is 20.1 Å². The standard InChI is InChI=1S/C16H21BrN2O/c1-19(14-7-10-18-11-14)15(20)16(8-2-9-16)12-3-5-13(17)6-4-12/h3-6,14,18H,2,7-11H2,1H3. The van der Waals surface area contributed by atoms with Crippen molar-refractivity contribution < 1.29 is 4.79 Å². The van der Waals surface area contributed by atoms with Crippen molar-refractivity contribution in [1.82, 2.24) is 10.2 Å². The lowest BCUT2D eigenvalue weighted by atomic mass is 9.63. The number of carbonyl (C=O) groups excluding carboxylic acids is 1. The number of hydrogen-bond donors (Lipinski definition) is 1. The van der Waals surface area contributed by atoms with Crippen LogP contribution >= 0.6 is 15.9 Å². The van der Waals surface area contributed by atoms with Crippen molar-refractivity contribution >= 4 is 21.8 Å². The van der Waals surface area contributed by atoms with E-state index in [0.717, 1.165) is 43.2 Å². The lowest BCUT2D eigenvalue weighted by Crippen LogP contribution is -2.53. The Morgan fingerprint density at radius 2 is 2.05 bits per heavy atom. The Labute approximate surface area is 128 Å².